The quantitative estimate of drug-likeness (QED) is 0.690. The number of aromatic nitrogens is 2. The third-order valence-electron chi connectivity index (χ3n) is 3.25. The SMILES string of the molecule is Cc1cc2[nH]c(=O)[nH]c2cc1NC(=O)COc1ccccc1. The molecule has 1 amide bonds. The summed E-state index contributed by atoms with van der Waals surface area (Å²) >= 11 is 0. The summed E-state index contributed by atoms with van der Waals surface area (Å²) in [7, 11) is 0. The van der Waals surface area contributed by atoms with E-state index in [2.05, 4.69) is 15.3 Å². The molecule has 3 rings (SSSR count). The number of carbonyl (C=O) groups is 1. The van der Waals surface area contributed by atoms with Gasteiger partial charge >= 0.3 is 5.69 Å². The van der Waals surface area contributed by atoms with Crippen molar-refractivity contribution in [3.63, 3.8) is 0 Å². The first-order valence-corrected chi connectivity index (χ1v) is 6.82. The van der Waals surface area contributed by atoms with Gasteiger partial charge in [0.15, 0.2) is 6.61 Å². The first kappa shape index (κ1) is 13.9. The Morgan fingerprint density at radius 1 is 1.14 bits per heavy atom. The van der Waals surface area contributed by atoms with Crippen LogP contribution in [0.15, 0.2) is 47.3 Å². The predicted octanol–water partition coefficient (Wildman–Crippen LogP) is 2.18. The van der Waals surface area contributed by atoms with E-state index in [0.29, 0.717) is 22.5 Å². The summed E-state index contributed by atoms with van der Waals surface area (Å²) in [6.45, 7) is 1.78. The molecule has 0 atom stereocenters. The Morgan fingerprint density at radius 2 is 1.82 bits per heavy atom. The Hall–Kier alpha value is -3.02. The summed E-state index contributed by atoms with van der Waals surface area (Å²) in [6.07, 6.45) is 0. The van der Waals surface area contributed by atoms with Gasteiger partial charge in [-0.1, -0.05) is 18.2 Å². The fourth-order valence-corrected chi connectivity index (χ4v) is 2.18. The first-order valence-electron chi connectivity index (χ1n) is 6.82. The molecule has 1 heterocycles. The van der Waals surface area contributed by atoms with Gasteiger partial charge in [0.05, 0.1) is 11.0 Å². The molecule has 1 aromatic heterocycles. The zero-order valence-corrected chi connectivity index (χ0v) is 12.0. The number of H-pyrrole nitrogens is 2. The minimum absolute atomic E-state index is 0.0782. The van der Waals surface area contributed by atoms with Crippen molar-refractivity contribution in [2.75, 3.05) is 11.9 Å². The van der Waals surface area contributed by atoms with E-state index in [1.165, 1.54) is 0 Å². The number of carbonyl (C=O) groups excluding carboxylic acids is 1. The monoisotopic (exact) mass is 297 g/mol. The van der Waals surface area contributed by atoms with Gasteiger partial charge in [0.2, 0.25) is 0 Å². The van der Waals surface area contributed by atoms with Crippen molar-refractivity contribution in [3.05, 3.63) is 58.5 Å². The van der Waals surface area contributed by atoms with Gasteiger partial charge in [0.25, 0.3) is 5.91 Å². The van der Waals surface area contributed by atoms with Gasteiger partial charge in [0.1, 0.15) is 5.75 Å². The molecule has 3 N–H and O–H groups in total. The number of benzene rings is 2. The molecule has 0 unspecified atom stereocenters. The number of aromatic amines is 2. The summed E-state index contributed by atoms with van der Waals surface area (Å²) in [5.41, 5.74) is 2.58. The number of para-hydroxylation sites is 1. The Bertz CT molecular complexity index is 865. The minimum Gasteiger partial charge on any atom is -0.484 e. The molecule has 22 heavy (non-hydrogen) atoms. The Kier molecular flexibility index (Phi) is 3.65. The lowest BCUT2D eigenvalue weighted by Crippen LogP contribution is -2.20. The molecule has 0 saturated heterocycles. The van der Waals surface area contributed by atoms with Crippen molar-refractivity contribution in [2.45, 2.75) is 6.92 Å². The van der Waals surface area contributed by atoms with Gasteiger partial charge in [-0.15, -0.1) is 0 Å². The number of anilines is 1. The number of fused-ring (bicyclic) bond motifs is 1. The van der Waals surface area contributed by atoms with Crippen LogP contribution in [0.2, 0.25) is 0 Å². The van der Waals surface area contributed by atoms with Gasteiger partial charge < -0.3 is 20.0 Å². The average molecular weight is 297 g/mol. The van der Waals surface area contributed by atoms with E-state index in [1.807, 2.05) is 25.1 Å². The zero-order valence-electron chi connectivity index (χ0n) is 12.0. The molecule has 0 aliphatic heterocycles. The number of amides is 1. The molecule has 0 aliphatic rings. The van der Waals surface area contributed by atoms with Crippen LogP contribution in [0, 0.1) is 6.92 Å². The van der Waals surface area contributed by atoms with Crippen molar-refractivity contribution >= 4 is 22.6 Å². The summed E-state index contributed by atoms with van der Waals surface area (Å²) in [5, 5.41) is 2.78. The van der Waals surface area contributed by atoms with Crippen LogP contribution in [0.25, 0.3) is 11.0 Å². The third kappa shape index (κ3) is 3.01. The number of aryl methyl sites for hydroxylation is 1. The fourth-order valence-electron chi connectivity index (χ4n) is 2.18. The number of rotatable bonds is 4. The van der Waals surface area contributed by atoms with Crippen LogP contribution in [0.3, 0.4) is 0 Å². The third-order valence-corrected chi connectivity index (χ3v) is 3.25. The van der Waals surface area contributed by atoms with Crippen molar-refractivity contribution in [3.8, 4) is 5.75 Å². The highest BCUT2D eigenvalue weighted by Gasteiger charge is 2.08. The second kappa shape index (κ2) is 5.77. The van der Waals surface area contributed by atoms with Crippen LogP contribution in [-0.4, -0.2) is 22.5 Å². The normalized spacial score (nSPS) is 10.6. The molecule has 112 valence electrons. The molecule has 0 aliphatic carbocycles. The molecular formula is C16H15N3O3. The van der Waals surface area contributed by atoms with Crippen molar-refractivity contribution in [1.29, 1.82) is 0 Å². The highest BCUT2D eigenvalue weighted by Crippen LogP contribution is 2.20. The number of ether oxygens (including phenoxy) is 1. The van der Waals surface area contributed by atoms with E-state index in [0.717, 1.165) is 5.56 Å². The van der Waals surface area contributed by atoms with E-state index in [1.54, 1.807) is 24.3 Å². The number of hydrogen-bond donors (Lipinski definition) is 3. The van der Waals surface area contributed by atoms with Crippen molar-refractivity contribution in [1.82, 2.24) is 9.97 Å². The van der Waals surface area contributed by atoms with E-state index < -0.39 is 0 Å². The highest BCUT2D eigenvalue weighted by atomic mass is 16.5. The van der Waals surface area contributed by atoms with Gasteiger partial charge in [0, 0.05) is 5.69 Å². The Morgan fingerprint density at radius 3 is 2.55 bits per heavy atom. The average Bonchev–Trinajstić information content (AvgIpc) is 2.85. The lowest BCUT2D eigenvalue weighted by atomic mass is 10.1. The van der Waals surface area contributed by atoms with Crippen LogP contribution < -0.4 is 15.7 Å². The van der Waals surface area contributed by atoms with Crippen molar-refractivity contribution < 1.29 is 9.53 Å². The first-order chi connectivity index (χ1) is 10.6. The molecule has 0 radical (unpaired) electrons. The van der Waals surface area contributed by atoms with Gasteiger partial charge in [-0.2, -0.15) is 0 Å². The predicted molar refractivity (Wildman–Crippen MR) is 84.2 cm³/mol. The van der Waals surface area contributed by atoms with Crippen LogP contribution >= 0.6 is 0 Å². The van der Waals surface area contributed by atoms with Crippen LogP contribution in [-0.2, 0) is 4.79 Å². The molecule has 3 aromatic rings. The maximum Gasteiger partial charge on any atom is 0.323 e. The Labute approximate surface area is 126 Å². The molecule has 0 bridgehead atoms. The fraction of sp³-hybridized carbons (Fsp3) is 0.125. The van der Waals surface area contributed by atoms with E-state index in [-0.39, 0.29) is 18.2 Å². The largest absolute Gasteiger partial charge is 0.484 e. The lowest BCUT2D eigenvalue weighted by Gasteiger charge is -2.09. The topological polar surface area (TPSA) is 87.0 Å². The van der Waals surface area contributed by atoms with E-state index in [9.17, 15) is 9.59 Å². The molecule has 0 saturated carbocycles. The number of nitrogens with one attached hydrogen (secondary N) is 3. The van der Waals surface area contributed by atoms with Crippen LogP contribution in [0.5, 0.6) is 5.75 Å². The maximum absolute atomic E-state index is 12.0. The molecule has 0 fully saturated rings. The molecule has 2 aromatic carbocycles. The standard InChI is InChI=1S/C16H15N3O3/c1-10-7-13-14(19-16(21)18-13)8-12(10)17-15(20)9-22-11-5-3-2-4-6-11/h2-8H,9H2,1H3,(H,17,20)(H2,18,19,21). The number of imidazole rings is 1. The smallest absolute Gasteiger partial charge is 0.323 e. The van der Waals surface area contributed by atoms with Crippen LogP contribution in [0.1, 0.15) is 5.56 Å². The van der Waals surface area contributed by atoms with Crippen LogP contribution in [0.4, 0.5) is 5.69 Å². The Balaban J connectivity index is 1.71. The molecule has 6 nitrogen and oxygen atoms in total. The summed E-state index contributed by atoms with van der Waals surface area (Å²) in [5.74, 6) is 0.379. The maximum atomic E-state index is 12.0. The molecule has 6 heteroatoms. The van der Waals surface area contributed by atoms with Crippen molar-refractivity contribution in [2.24, 2.45) is 0 Å². The number of hydrogen-bond acceptors (Lipinski definition) is 3. The van der Waals surface area contributed by atoms with Gasteiger partial charge in [-0.3, -0.25) is 4.79 Å². The highest BCUT2D eigenvalue weighted by molar-refractivity contribution is 5.95. The second-order valence-corrected chi connectivity index (χ2v) is 4.94. The lowest BCUT2D eigenvalue weighted by molar-refractivity contribution is -0.118. The van der Waals surface area contributed by atoms with Gasteiger partial charge in [-0.05, 0) is 36.8 Å². The summed E-state index contributed by atoms with van der Waals surface area (Å²) in [4.78, 5) is 28.6. The second-order valence-electron chi connectivity index (χ2n) is 4.94. The summed E-state index contributed by atoms with van der Waals surface area (Å²) < 4.78 is 5.40. The minimum atomic E-state index is -0.273. The zero-order chi connectivity index (χ0) is 15.5. The molecule has 0 spiro atoms. The van der Waals surface area contributed by atoms with E-state index in [4.69, 9.17) is 4.74 Å². The molecular weight excluding hydrogens is 282 g/mol. The van der Waals surface area contributed by atoms with Gasteiger partial charge in [-0.25, -0.2) is 4.79 Å². The van der Waals surface area contributed by atoms with E-state index >= 15 is 0 Å². The summed E-state index contributed by atoms with van der Waals surface area (Å²) in [6, 6.07) is 12.7.